The number of hydrogen-bond donors (Lipinski definition) is 0. The normalized spacial score (nSPS) is 10.5. The second-order valence-electron chi connectivity index (χ2n) is 3.70. The van der Waals surface area contributed by atoms with Crippen molar-refractivity contribution in [3.05, 3.63) is 65.7 Å². The summed E-state index contributed by atoms with van der Waals surface area (Å²) >= 11 is 4.25. The molecule has 2 aromatic rings. The molecule has 0 aromatic heterocycles. The Labute approximate surface area is 132 Å². The van der Waals surface area contributed by atoms with Gasteiger partial charge in [-0.25, -0.2) is 0 Å². The molecule has 0 atom stereocenters. The Balaban J connectivity index is 0.000000956. The molecule has 0 unspecified atom stereocenters. The van der Waals surface area contributed by atoms with Gasteiger partial charge in [0.1, 0.15) is 5.75 Å². The summed E-state index contributed by atoms with van der Waals surface area (Å²) < 4.78 is 42.7. The maximum absolute atomic E-state index is 12.5. The molecular weight excluding hydrogens is 386 g/mol. The van der Waals surface area contributed by atoms with Gasteiger partial charge in [-0.2, -0.15) is 43.5 Å². The minimum atomic E-state index is -4.35. The average molecular weight is 397 g/mol. The fourth-order valence-corrected chi connectivity index (χ4v) is 1.44. The average Bonchev–Trinajstić information content (AvgIpc) is 2.48. The van der Waals surface area contributed by atoms with Crippen molar-refractivity contribution in [2.24, 2.45) is 0 Å². The Morgan fingerprint density at radius 3 is 2.45 bits per heavy atom. The van der Waals surface area contributed by atoms with E-state index in [9.17, 15) is 13.2 Å². The zero-order valence-electron chi connectivity index (χ0n) is 10.5. The Morgan fingerprint density at radius 2 is 1.85 bits per heavy atom. The molecule has 0 aliphatic heterocycles. The third-order valence-corrected chi connectivity index (χ3v) is 2.33. The second-order valence-corrected chi connectivity index (χ2v) is 3.70. The molecule has 0 aliphatic rings. The van der Waals surface area contributed by atoms with Crippen LogP contribution < -0.4 is 4.74 Å². The standard InChI is InChI=1S/C14H10F3O.BrH.Zn/c15-14(16,17)12-7-4-8-13(9-12)18-10-11-5-2-1-3-6-11;;/h1-5,7-9H,10H2;1H;/q-1;;+2/p-1. The van der Waals surface area contributed by atoms with Crippen molar-refractivity contribution in [2.45, 2.75) is 12.8 Å². The van der Waals surface area contributed by atoms with E-state index in [0.717, 1.165) is 17.7 Å². The molecule has 0 N–H and O–H groups in total. The predicted molar refractivity (Wildman–Crippen MR) is 70.0 cm³/mol. The SMILES string of the molecule is FC(F)(F)c1cccc(OCc2[c-]cccc2)c1.[Zn+][Br]. The molecule has 0 amide bonds. The molecule has 102 valence electrons. The van der Waals surface area contributed by atoms with E-state index >= 15 is 0 Å². The number of hydrogen-bond acceptors (Lipinski definition) is 1. The first kappa shape index (κ1) is 17.2. The molecule has 0 bridgehead atoms. The van der Waals surface area contributed by atoms with Gasteiger partial charge in [-0.15, -0.1) is 5.56 Å². The van der Waals surface area contributed by atoms with Gasteiger partial charge in [-0.3, -0.25) is 0 Å². The Bertz CT molecular complexity index is 517. The molecule has 1 nitrogen and oxygen atoms in total. The van der Waals surface area contributed by atoms with Crippen molar-refractivity contribution in [1.29, 1.82) is 0 Å². The van der Waals surface area contributed by atoms with Gasteiger partial charge in [-0.05, 0) is 18.2 Å². The van der Waals surface area contributed by atoms with Crippen LogP contribution in [0.15, 0.2) is 48.5 Å². The van der Waals surface area contributed by atoms with E-state index in [1.54, 1.807) is 12.1 Å². The van der Waals surface area contributed by atoms with E-state index < -0.39 is 11.7 Å². The first-order valence-electron chi connectivity index (χ1n) is 5.58. The molecule has 20 heavy (non-hydrogen) atoms. The van der Waals surface area contributed by atoms with Gasteiger partial charge in [0.25, 0.3) is 0 Å². The second kappa shape index (κ2) is 8.43. The summed E-state index contributed by atoms with van der Waals surface area (Å²) in [5, 5.41) is 0. The Kier molecular flexibility index (Phi) is 7.24. The van der Waals surface area contributed by atoms with Gasteiger partial charge in [0.15, 0.2) is 0 Å². The van der Waals surface area contributed by atoms with Crippen molar-refractivity contribution in [3.63, 3.8) is 0 Å². The summed E-state index contributed by atoms with van der Waals surface area (Å²) in [5.74, 6) is 0.196. The van der Waals surface area contributed by atoms with Gasteiger partial charge < -0.3 is 4.74 Å². The van der Waals surface area contributed by atoms with Gasteiger partial charge in [0.05, 0.1) is 12.2 Å². The molecule has 0 aliphatic carbocycles. The molecule has 0 heterocycles. The van der Waals surface area contributed by atoms with Crippen LogP contribution in [0.2, 0.25) is 0 Å². The van der Waals surface area contributed by atoms with Crippen LogP contribution in [0.3, 0.4) is 0 Å². The number of halogens is 4. The topological polar surface area (TPSA) is 9.23 Å². The summed E-state index contributed by atoms with van der Waals surface area (Å²) in [6.07, 6.45) is -4.35. The minimum absolute atomic E-state index is 0.196. The van der Waals surface area contributed by atoms with Crippen molar-refractivity contribution >= 4 is 13.6 Å². The molecule has 2 aromatic carbocycles. The molecule has 0 saturated carbocycles. The van der Waals surface area contributed by atoms with E-state index in [1.165, 1.54) is 28.5 Å². The van der Waals surface area contributed by atoms with Crippen molar-refractivity contribution in [2.75, 3.05) is 0 Å². The van der Waals surface area contributed by atoms with Gasteiger partial charge in [-0.1, -0.05) is 6.07 Å². The van der Waals surface area contributed by atoms with Crippen molar-refractivity contribution in [1.82, 2.24) is 0 Å². The van der Waals surface area contributed by atoms with E-state index in [0.29, 0.717) is 0 Å². The summed E-state index contributed by atoms with van der Waals surface area (Å²) in [6.45, 7) is 0.197. The number of ether oxygens (including phenoxy) is 1. The third-order valence-electron chi connectivity index (χ3n) is 2.33. The first-order valence-corrected chi connectivity index (χ1v) is 12.5. The van der Waals surface area contributed by atoms with Crippen LogP contribution in [-0.4, -0.2) is 0 Å². The molecule has 2 rings (SSSR count). The monoisotopic (exact) mass is 394 g/mol. The third kappa shape index (κ3) is 5.63. The van der Waals surface area contributed by atoms with Crippen LogP contribution in [0.5, 0.6) is 5.75 Å². The number of benzene rings is 2. The quantitative estimate of drug-likeness (QED) is 0.528. The van der Waals surface area contributed by atoms with E-state index in [2.05, 4.69) is 19.7 Å². The van der Waals surface area contributed by atoms with Crippen LogP contribution in [0, 0.1) is 6.07 Å². The van der Waals surface area contributed by atoms with Crippen LogP contribution >= 0.6 is 13.6 Å². The maximum atomic E-state index is 12.5. The van der Waals surface area contributed by atoms with Crippen molar-refractivity contribution < 1.29 is 34.3 Å². The molecule has 0 spiro atoms. The summed E-state index contributed by atoms with van der Waals surface area (Å²) in [5.41, 5.74) is 0.0759. The molecule has 0 fully saturated rings. The van der Waals surface area contributed by atoms with Gasteiger partial charge >= 0.3 is 36.1 Å². The number of rotatable bonds is 3. The first-order chi connectivity index (χ1) is 9.55. The zero-order chi connectivity index (χ0) is 15.0. The molecular formula is C14H10BrF3OZn. The molecule has 0 radical (unpaired) electrons. The van der Waals surface area contributed by atoms with Crippen molar-refractivity contribution in [3.8, 4) is 5.75 Å². The predicted octanol–water partition coefficient (Wildman–Crippen LogP) is 4.93. The van der Waals surface area contributed by atoms with E-state index in [4.69, 9.17) is 4.74 Å². The van der Waals surface area contributed by atoms with Crippen LogP contribution in [0.25, 0.3) is 0 Å². The fraction of sp³-hybridized carbons (Fsp3) is 0.143. The Morgan fingerprint density at radius 1 is 1.10 bits per heavy atom. The molecule has 6 heteroatoms. The Hall–Kier alpha value is -0.867. The zero-order valence-corrected chi connectivity index (χ0v) is 15.0. The van der Waals surface area contributed by atoms with Crippen LogP contribution in [-0.2, 0) is 29.1 Å². The summed E-state index contributed by atoms with van der Waals surface area (Å²) in [7, 11) is 0. The fourth-order valence-electron chi connectivity index (χ4n) is 1.44. The summed E-state index contributed by atoms with van der Waals surface area (Å²) in [4.78, 5) is 0. The molecule has 0 saturated heterocycles. The van der Waals surface area contributed by atoms with Gasteiger partial charge in [0, 0.05) is 0 Å². The summed E-state index contributed by atoms with van der Waals surface area (Å²) in [6, 6.07) is 14.9. The number of alkyl halides is 3. The van der Waals surface area contributed by atoms with Gasteiger partial charge in [0.2, 0.25) is 0 Å². The van der Waals surface area contributed by atoms with E-state index in [-0.39, 0.29) is 12.4 Å². The van der Waals surface area contributed by atoms with Crippen LogP contribution in [0.4, 0.5) is 13.2 Å². The van der Waals surface area contributed by atoms with E-state index in [1.807, 2.05) is 12.1 Å². The van der Waals surface area contributed by atoms with Crippen LogP contribution in [0.1, 0.15) is 11.1 Å².